The summed E-state index contributed by atoms with van der Waals surface area (Å²) in [5.41, 5.74) is -0.560. The number of carbonyl (C=O) groups is 1. The van der Waals surface area contributed by atoms with Gasteiger partial charge in [-0.05, 0) is 63.1 Å². The van der Waals surface area contributed by atoms with Gasteiger partial charge in [0.05, 0.1) is 5.54 Å². The number of amides is 1. The predicted octanol–water partition coefficient (Wildman–Crippen LogP) is 5.47. The highest BCUT2D eigenvalue weighted by Gasteiger charge is 2.39. The third-order valence-corrected chi connectivity index (χ3v) is 4.40. The summed E-state index contributed by atoms with van der Waals surface area (Å²) in [4.78, 5) is 12.4. The molecule has 0 aliphatic heterocycles. The summed E-state index contributed by atoms with van der Waals surface area (Å²) < 4.78 is 5.38. The van der Waals surface area contributed by atoms with Crippen LogP contribution in [0.25, 0.3) is 0 Å². The zero-order valence-corrected chi connectivity index (χ0v) is 16.7. The van der Waals surface area contributed by atoms with Crippen LogP contribution < -0.4 is 5.32 Å². The van der Waals surface area contributed by atoms with Crippen LogP contribution >= 0.6 is 23.2 Å². The Hall–Kier alpha value is -1.75. The Labute approximate surface area is 164 Å². The maximum Gasteiger partial charge on any atom is 0.408 e. The van der Waals surface area contributed by atoms with Gasteiger partial charge in [-0.1, -0.05) is 47.5 Å². The van der Waals surface area contributed by atoms with E-state index in [-0.39, 0.29) is 0 Å². The van der Waals surface area contributed by atoms with E-state index in [1.54, 1.807) is 76.2 Å². The molecule has 0 spiro atoms. The molecule has 2 rings (SSSR count). The second kappa shape index (κ2) is 7.87. The van der Waals surface area contributed by atoms with Gasteiger partial charge in [-0.2, -0.15) is 0 Å². The maximum absolute atomic E-state index is 12.4. The van der Waals surface area contributed by atoms with Crippen molar-refractivity contribution in [3.05, 3.63) is 69.7 Å². The van der Waals surface area contributed by atoms with Crippen molar-refractivity contribution >= 4 is 29.3 Å². The number of ether oxygens (including phenoxy) is 1. The first-order chi connectivity index (χ1) is 12.0. The average Bonchev–Trinajstić information content (AvgIpc) is 2.52. The number of benzene rings is 2. The van der Waals surface area contributed by atoms with Gasteiger partial charge in [-0.3, -0.25) is 0 Å². The standard InChI is InChI=1S/C20H23Cl2NO3/c1-19(2,3)26-18(25)23-20(4,14-8-10-15(21)11-9-14)17(24)13-6-5-7-16(22)12-13/h5-12,17,24H,1-4H3,(H,23,25)/t17-,20-/m1/s1. The van der Waals surface area contributed by atoms with Crippen molar-refractivity contribution in [1.29, 1.82) is 0 Å². The predicted molar refractivity (Wildman–Crippen MR) is 105 cm³/mol. The van der Waals surface area contributed by atoms with E-state index in [1.165, 1.54) is 0 Å². The number of halogens is 2. The molecule has 2 aromatic carbocycles. The molecule has 0 aliphatic rings. The summed E-state index contributed by atoms with van der Waals surface area (Å²) in [6.45, 7) is 7.06. The number of nitrogens with one attached hydrogen (secondary N) is 1. The molecule has 0 saturated carbocycles. The minimum atomic E-state index is -1.16. The monoisotopic (exact) mass is 395 g/mol. The Morgan fingerprint density at radius 3 is 2.19 bits per heavy atom. The Bertz CT molecular complexity index is 771. The van der Waals surface area contributed by atoms with Gasteiger partial charge in [0.2, 0.25) is 0 Å². The molecule has 0 heterocycles. The van der Waals surface area contributed by atoms with Gasteiger partial charge in [0, 0.05) is 10.0 Å². The van der Waals surface area contributed by atoms with E-state index in [0.717, 1.165) is 0 Å². The van der Waals surface area contributed by atoms with Crippen LogP contribution in [0.4, 0.5) is 4.79 Å². The molecule has 2 aromatic rings. The molecule has 2 atom stereocenters. The molecule has 0 aromatic heterocycles. The molecule has 140 valence electrons. The number of carbonyl (C=O) groups excluding carboxylic acids is 1. The number of hydrogen-bond acceptors (Lipinski definition) is 3. The summed E-state index contributed by atoms with van der Waals surface area (Å²) in [6.07, 6.45) is -1.69. The van der Waals surface area contributed by atoms with Crippen LogP contribution in [-0.2, 0) is 10.3 Å². The largest absolute Gasteiger partial charge is 0.444 e. The van der Waals surface area contributed by atoms with E-state index in [9.17, 15) is 9.90 Å². The van der Waals surface area contributed by atoms with Crippen LogP contribution in [0.15, 0.2) is 48.5 Å². The van der Waals surface area contributed by atoms with E-state index in [4.69, 9.17) is 27.9 Å². The molecule has 6 heteroatoms. The molecule has 4 nitrogen and oxygen atoms in total. The molecule has 1 amide bonds. The lowest BCUT2D eigenvalue weighted by Gasteiger charge is -2.37. The first-order valence-electron chi connectivity index (χ1n) is 8.22. The molecule has 0 aliphatic carbocycles. The van der Waals surface area contributed by atoms with Crippen molar-refractivity contribution in [2.24, 2.45) is 0 Å². The SMILES string of the molecule is CC(C)(C)OC(=O)N[C@](C)(c1ccc(Cl)cc1)[C@H](O)c1cccc(Cl)c1. The van der Waals surface area contributed by atoms with E-state index >= 15 is 0 Å². The highest BCUT2D eigenvalue weighted by Crippen LogP contribution is 2.36. The highest BCUT2D eigenvalue weighted by molar-refractivity contribution is 6.30. The number of rotatable bonds is 4. The molecule has 26 heavy (non-hydrogen) atoms. The second-order valence-corrected chi connectivity index (χ2v) is 8.17. The van der Waals surface area contributed by atoms with Crippen molar-refractivity contribution in [3.63, 3.8) is 0 Å². The minimum Gasteiger partial charge on any atom is -0.444 e. The maximum atomic E-state index is 12.4. The summed E-state index contributed by atoms with van der Waals surface area (Å²) in [7, 11) is 0. The highest BCUT2D eigenvalue weighted by atomic mass is 35.5. The van der Waals surface area contributed by atoms with Crippen molar-refractivity contribution in [2.45, 2.75) is 44.9 Å². The van der Waals surface area contributed by atoms with Crippen LogP contribution in [0, 0.1) is 0 Å². The smallest absolute Gasteiger partial charge is 0.408 e. The summed E-state index contributed by atoms with van der Waals surface area (Å²) >= 11 is 12.0. The molecule has 0 fully saturated rings. The normalized spacial score (nSPS) is 15.0. The van der Waals surface area contributed by atoms with Crippen LogP contribution in [-0.4, -0.2) is 16.8 Å². The van der Waals surface area contributed by atoms with Crippen molar-refractivity contribution < 1.29 is 14.6 Å². The summed E-state index contributed by atoms with van der Waals surface area (Å²) in [5, 5.41) is 14.9. The van der Waals surface area contributed by atoms with Crippen LogP contribution in [0.2, 0.25) is 10.0 Å². The number of aliphatic hydroxyl groups excluding tert-OH is 1. The first-order valence-corrected chi connectivity index (χ1v) is 8.97. The van der Waals surface area contributed by atoms with Gasteiger partial charge in [0.25, 0.3) is 0 Å². The van der Waals surface area contributed by atoms with Gasteiger partial charge < -0.3 is 15.2 Å². The van der Waals surface area contributed by atoms with Crippen molar-refractivity contribution in [3.8, 4) is 0 Å². The Balaban J connectivity index is 2.43. The van der Waals surface area contributed by atoms with Gasteiger partial charge in [0.1, 0.15) is 11.7 Å². The van der Waals surface area contributed by atoms with Crippen molar-refractivity contribution in [1.82, 2.24) is 5.32 Å². The van der Waals surface area contributed by atoms with E-state index in [2.05, 4.69) is 5.32 Å². The molecular formula is C20H23Cl2NO3. The molecular weight excluding hydrogens is 373 g/mol. The minimum absolute atomic E-state index is 0.497. The van der Waals surface area contributed by atoms with E-state index in [1.807, 2.05) is 0 Å². The fourth-order valence-electron chi connectivity index (χ4n) is 2.62. The quantitative estimate of drug-likeness (QED) is 0.721. The summed E-state index contributed by atoms with van der Waals surface area (Å²) in [6, 6.07) is 13.8. The van der Waals surface area contributed by atoms with E-state index in [0.29, 0.717) is 21.2 Å². The molecule has 0 unspecified atom stereocenters. The van der Waals surface area contributed by atoms with Gasteiger partial charge in [-0.15, -0.1) is 0 Å². The number of aliphatic hydroxyl groups is 1. The molecule has 0 saturated heterocycles. The number of alkyl carbamates (subject to hydrolysis) is 1. The Morgan fingerprint density at radius 1 is 1.04 bits per heavy atom. The third-order valence-electron chi connectivity index (χ3n) is 3.92. The second-order valence-electron chi connectivity index (χ2n) is 7.29. The lowest BCUT2D eigenvalue weighted by molar-refractivity contribution is 0.0236. The van der Waals surface area contributed by atoms with Crippen LogP contribution in [0.1, 0.15) is 44.9 Å². The van der Waals surface area contributed by atoms with Gasteiger partial charge >= 0.3 is 6.09 Å². The molecule has 2 N–H and O–H groups in total. The van der Waals surface area contributed by atoms with E-state index < -0.39 is 23.3 Å². The first kappa shape index (κ1) is 20.6. The van der Waals surface area contributed by atoms with Crippen LogP contribution in [0.5, 0.6) is 0 Å². The van der Waals surface area contributed by atoms with Gasteiger partial charge in [0.15, 0.2) is 0 Å². The lowest BCUT2D eigenvalue weighted by atomic mass is 9.83. The lowest BCUT2D eigenvalue weighted by Crippen LogP contribution is -2.49. The fraction of sp³-hybridized carbons (Fsp3) is 0.350. The van der Waals surface area contributed by atoms with Crippen LogP contribution in [0.3, 0.4) is 0 Å². The number of hydrogen-bond donors (Lipinski definition) is 2. The zero-order chi connectivity index (χ0) is 19.5. The zero-order valence-electron chi connectivity index (χ0n) is 15.2. The Morgan fingerprint density at radius 2 is 1.65 bits per heavy atom. The summed E-state index contributed by atoms with van der Waals surface area (Å²) in [5.74, 6) is 0. The van der Waals surface area contributed by atoms with Crippen molar-refractivity contribution in [2.75, 3.05) is 0 Å². The topological polar surface area (TPSA) is 58.6 Å². The Kier molecular flexibility index (Phi) is 6.22. The van der Waals surface area contributed by atoms with Gasteiger partial charge in [-0.25, -0.2) is 4.79 Å². The molecule has 0 radical (unpaired) electrons. The molecule has 0 bridgehead atoms. The fourth-order valence-corrected chi connectivity index (χ4v) is 2.94. The third kappa shape index (κ3) is 5.13. The average molecular weight is 396 g/mol.